The molecule has 4 unspecified atom stereocenters. The van der Waals surface area contributed by atoms with Crippen LogP contribution in [0.1, 0.15) is 194 Å². The molecular weight excluding hydrogens is 647 g/mol. The molecule has 1 amide bonds. The summed E-state index contributed by atoms with van der Waals surface area (Å²) in [5.41, 5.74) is 0. The van der Waals surface area contributed by atoms with Gasteiger partial charge in [-0.1, -0.05) is 164 Å². The largest absolute Gasteiger partial charge is 0.394 e. The molecule has 0 saturated carbocycles. The Morgan fingerprint density at radius 3 is 1.42 bits per heavy atom. The summed E-state index contributed by atoms with van der Waals surface area (Å²) >= 11 is 0. The lowest BCUT2D eigenvalue weighted by Crippen LogP contribution is -2.53. The van der Waals surface area contributed by atoms with Crippen LogP contribution in [0.2, 0.25) is 0 Å². The SMILES string of the molecule is CC/C=C\C/C=C\CCCCCCCCCCCCCCCC(O)C(=O)NC(CO)C(O)C(O)CCC/C=C/CC/C=C/CC/C=C/CCCCC. The van der Waals surface area contributed by atoms with Crippen LogP contribution in [0, 0.1) is 0 Å². The van der Waals surface area contributed by atoms with Crippen molar-refractivity contribution in [1.29, 1.82) is 0 Å². The fraction of sp³-hybridized carbons (Fsp3) is 0.761. The predicted molar refractivity (Wildman–Crippen MR) is 223 cm³/mol. The molecule has 0 aromatic rings. The van der Waals surface area contributed by atoms with E-state index in [-0.39, 0.29) is 0 Å². The Hall–Kier alpha value is -1.99. The van der Waals surface area contributed by atoms with E-state index in [9.17, 15) is 25.2 Å². The van der Waals surface area contributed by atoms with Gasteiger partial charge in [0.2, 0.25) is 5.91 Å². The van der Waals surface area contributed by atoms with E-state index in [1.54, 1.807) is 0 Å². The summed E-state index contributed by atoms with van der Waals surface area (Å²) in [7, 11) is 0. The van der Waals surface area contributed by atoms with E-state index in [2.05, 4.69) is 79.9 Å². The number of hydrogen-bond donors (Lipinski definition) is 5. The Kier molecular flexibility index (Phi) is 38.7. The van der Waals surface area contributed by atoms with Gasteiger partial charge in [-0.25, -0.2) is 0 Å². The van der Waals surface area contributed by atoms with Gasteiger partial charge in [-0.05, 0) is 89.9 Å². The van der Waals surface area contributed by atoms with Crippen molar-refractivity contribution in [3.05, 3.63) is 60.8 Å². The monoisotopic (exact) mass is 730 g/mol. The van der Waals surface area contributed by atoms with Crippen LogP contribution in [0.25, 0.3) is 0 Å². The molecule has 52 heavy (non-hydrogen) atoms. The maximum Gasteiger partial charge on any atom is 0.249 e. The Morgan fingerprint density at radius 2 is 0.923 bits per heavy atom. The van der Waals surface area contributed by atoms with Crippen molar-refractivity contribution in [1.82, 2.24) is 5.32 Å². The fourth-order valence-corrected chi connectivity index (χ4v) is 6.24. The van der Waals surface area contributed by atoms with E-state index in [0.717, 1.165) is 64.2 Å². The third-order valence-electron chi connectivity index (χ3n) is 9.67. The number of carbonyl (C=O) groups excluding carboxylic acids is 1. The van der Waals surface area contributed by atoms with E-state index < -0.39 is 36.9 Å². The van der Waals surface area contributed by atoms with E-state index in [4.69, 9.17) is 0 Å². The van der Waals surface area contributed by atoms with Crippen LogP contribution < -0.4 is 5.32 Å². The van der Waals surface area contributed by atoms with Crippen LogP contribution in [0.4, 0.5) is 0 Å². The highest BCUT2D eigenvalue weighted by Gasteiger charge is 2.28. The third kappa shape index (κ3) is 33.8. The van der Waals surface area contributed by atoms with Gasteiger partial charge in [0.15, 0.2) is 0 Å². The van der Waals surface area contributed by atoms with Gasteiger partial charge in [-0.3, -0.25) is 4.79 Å². The third-order valence-corrected chi connectivity index (χ3v) is 9.67. The van der Waals surface area contributed by atoms with Crippen LogP contribution in [0.3, 0.4) is 0 Å². The van der Waals surface area contributed by atoms with Gasteiger partial charge in [-0.2, -0.15) is 0 Å². The van der Waals surface area contributed by atoms with Crippen molar-refractivity contribution < 1.29 is 25.2 Å². The molecular formula is C46H83NO5. The van der Waals surface area contributed by atoms with Crippen molar-refractivity contribution in [2.75, 3.05) is 6.61 Å². The Labute approximate surface area is 321 Å². The molecule has 0 aromatic carbocycles. The molecule has 5 N–H and O–H groups in total. The first-order valence-corrected chi connectivity index (χ1v) is 21.7. The number of unbranched alkanes of at least 4 members (excludes halogenated alkanes) is 19. The zero-order valence-electron chi connectivity index (χ0n) is 33.8. The second-order valence-corrected chi connectivity index (χ2v) is 14.6. The Balaban J connectivity index is 3.81. The minimum absolute atomic E-state index is 0.355. The number of hydrogen-bond acceptors (Lipinski definition) is 5. The number of nitrogens with one attached hydrogen (secondary N) is 1. The fourth-order valence-electron chi connectivity index (χ4n) is 6.24. The van der Waals surface area contributed by atoms with Crippen LogP contribution in [0.15, 0.2) is 60.8 Å². The summed E-state index contributed by atoms with van der Waals surface area (Å²) in [5.74, 6) is -0.603. The normalized spacial score (nSPS) is 14.8. The first-order chi connectivity index (χ1) is 25.5. The van der Waals surface area contributed by atoms with E-state index in [0.29, 0.717) is 19.3 Å². The number of allylic oxidation sites excluding steroid dienone is 10. The number of aliphatic hydroxyl groups excluding tert-OH is 4. The lowest BCUT2D eigenvalue weighted by Gasteiger charge is -2.27. The van der Waals surface area contributed by atoms with Crippen molar-refractivity contribution in [3.8, 4) is 0 Å². The van der Waals surface area contributed by atoms with Crippen molar-refractivity contribution in [2.45, 2.75) is 218 Å². The molecule has 0 heterocycles. The molecule has 0 radical (unpaired) electrons. The molecule has 6 heteroatoms. The maximum absolute atomic E-state index is 12.5. The summed E-state index contributed by atoms with van der Waals surface area (Å²) < 4.78 is 0. The summed E-state index contributed by atoms with van der Waals surface area (Å²) in [6.07, 6.45) is 49.6. The highest BCUT2D eigenvalue weighted by molar-refractivity contribution is 5.80. The van der Waals surface area contributed by atoms with Gasteiger partial charge in [0, 0.05) is 0 Å². The number of amides is 1. The first kappa shape index (κ1) is 50.0. The summed E-state index contributed by atoms with van der Waals surface area (Å²) in [6, 6.07) is -1.01. The summed E-state index contributed by atoms with van der Waals surface area (Å²) in [5, 5.41) is 43.6. The van der Waals surface area contributed by atoms with E-state index >= 15 is 0 Å². The average Bonchev–Trinajstić information content (AvgIpc) is 3.15. The second-order valence-electron chi connectivity index (χ2n) is 14.6. The van der Waals surface area contributed by atoms with Crippen LogP contribution in [-0.4, -0.2) is 57.3 Å². The molecule has 0 fully saturated rings. The van der Waals surface area contributed by atoms with Crippen LogP contribution in [-0.2, 0) is 4.79 Å². The van der Waals surface area contributed by atoms with Crippen molar-refractivity contribution >= 4 is 5.91 Å². The van der Waals surface area contributed by atoms with Crippen LogP contribution >= 0.6 is 0 Å². The molecule has 0 aliphatic heterocycles. The number of carbonyl (C=O) groups is 1. The zero-order valence-corrected chi connectivity index (χ0v) is 33.8. The molecule has 0 bridgehead atoms. The van der Waals surface area contributed by atoms with Gasteiger partial charge < -0.3 is 25.7 Å². The average molecular weight is 730 g/mol. The molecule has 0 saturated heterocycles. The maximum atomic E-state index is 12.5. The zero-order chi connectivity index (χ0) is 38.2. The molecule has 0 aliphatic rings. The van der Waals surface area contributed by atoms with Crippen LogP contribution in [0.5, 0.6) is 0 Å². The molecule has 302 valence electrons. The smallest absolute Gasteiger partial charge is 0.249 e. The standard InChI is InChI=1S/C46H83NO5/c1-3-5-7-9-11-13-15-17-19-21-22-23-24-26-28-30-32-34-36-38-40-44(50)46(52)47-42(41-48)45(51)43(49)39-37-35-33-31-29-27-25-20-18-16-14-12-10-8-6-4-2/h5,7,11-14,20,25,31,33,42-45,48-51H,3-4,6,8-10,15-19,21-24,26-30,32,34-41H2,1-2H3,(H,47,52)/b7-5-,13-11-,14-12+,25-20+,33-31+. The molecule has 0 aromatic heterocycles. The summed E-state index contributed by atoms with van der Waals surface area (Å²) in [6.45, 7) is 3.89. The van der Waals surface area contributed by atoms with Gasteiger partial charge in [0.25, 0.3) is 0 Å². The van der Waals surface area contributed by atoms with Gasteiger partial charge >= 0.3 is 0 Å². The lowest BCUT2D eigenvalue weighted by atomic mass is 10.00. The highest BCUT2D eigenvalue weighted by atomic mass is 16.3. The Bertz CT molecular complexity index is 910. The minimum Gasteiger partial charge on any atom is -0.394 e. The molecule has 0 aliphatic carbocycles. The molecule has 0 rings (SSSR count). The van der Waals surface area contributed by atoms with Gasteiger partial charge in [0.05, 0.1) is 18.8 Å². The van der Waals surface area contributed by atoms with E-state index in [1.165, 1.54) is 96.3 Å². The second kappa shape index (κ2) is 40.2. The lowest BCUT2D eigenvalue weighted by molar-refractivity contribution is -0.132. The number of aliphatic hydroxyl groups is 4. The van der Waals surface area contributed by atoms with Crippen molar-refractivity contribution in [3.63, 3.8) is 0 Å². The quantitative estimate of drug-likeness (QED) is 0.0321. The molecule has 6 nitrogen and oxygen atoms in total. The predicted octanol–water partition coefficient (Wildman–Crippen LogP) is 11.3. The molecule has 4 atom stereocenters. The molecule has 0 spiro atoms. The first-order valence-electron chi connectivity index (χ1n) is 21.7. The highest BCUT2D eigenvalue weighted by Crippen LogP contribution is 2.15. The van der Waals surface area contributed by atoms with Gasteiger partial charge in [0.1, 0.15) is 12.2 Å². The van der Waals surface area contributed by atoms with Gasteiger partial charge in [-0.15, -0.1) is 0 Å². The minimum atomic E-state index is -1.29. The Morgan fingerprint density at radius 1 is 0.500 bits per heavy atom. The summed E-state index contributed by atoms with van der Waals surface area (Å²) in [4.78, 5) is 12.5. The topological polar surface area (TPSA) is 110 Å². The number of rotatable bonds is 38. The van der Waals surface area contributed by atoms with E-state index in [1.807, 2.05) is 0 Å². The van der Waals surface area contributed by atoms with Crippen molar-refractivity contribution in [2.24, 2.45) is 0 Å².